The molecule has 3 aliphatic rings. The van der Waals surface area contributed by atoms with Crippen LogP contribution in [-0.2, 0) is 0 Å². The maximum absolute atomic E-state index is 2.76. The standard InChI is InChI=1S/C14H27N/c1-13(2,3)10-7-11-9-12(8-10)15(11)14(4,5)6/h10-12H,7-9H2,1-6H3. The van der Waals surface area contributed by atoms with Crippen molar-refractivity contribution in [2.45, 2.75) is 78.4 Å². The number of hydrogen-bond acceptors (Lipinski definition) is 1. The Hall–Kier alpha value is -0.0400. The van der Waals surface area contributed by atoms with Gasteiger partial charge in [0.2, 0.25) is 0 Å². The molecule has 15 heavy (non-hydrogen) atoms. The molecule has 2 unspecified atom stereocenters. The van der Waals surface area contributed by atoms with Gasteiger partial charge in [-0.15, -0.1) is 0 Å². The third-order valence-electron chi connectivity index (χ3n) is 4.44. The first kappa shape index (κ1) is 11.4. The predicted octanol–water partition coefficient (Wildman–Crippen LogP) is 3.68. The van der Waals surface area contributed by atoms with Gasteiger partial charge < -0.3 is 0 Å². The van der Waals surface area contributed by atoms with E-state index in [0.717, 1.165) is 18.0 Å². The van der Waals surface area contributed by atoms with Crippen LogP contribution in [-0.4, -0.2) is 22.5 Å². The second-order valence-corrected chi connectivity index (χ2v) is 7.66. The Balaban J connectivity index is 2.03. The van der Waals surface area contributed by atoms with Gasteiger partial charge in [-0.25, -0.2) is 0 Å². The van der Waals surface area contributed by atoms with E-state index in [-0.39, 0.29) is 0 Å². The van der Waals surface area contributed by atoms with Crippen molar-refractivity contribution in [3.8, 4) is 0 Å². The summed E-state index contributed by atoms with van der Waals surface area (Å²) in [5.74, 6) is 0.944. The van der Waals surface area contributed by atoms with Crippen molar-refractivity contribution in [3.05, 3.63) is 0 Å². The molecular formula is C14H27N. The molecule has 2 bridgehead atoms. The highest BCUT2D eigenvalue weighted by Gasteiger charge is 2.51. The molecule has 3 rings (SSSR count). The molecule has 0 spiro atoms. The number of nitrogens with zero attached hydrogens (tertiary/aromatic N) is 1. The van der Waals surface area contributed by atoms with Gasteiger partial charge in [-0.2, -0.15) is 0 Å². The van der Waals surface area contributed by atoms with Crippen molar-refractivity contribution < 1.29 is 0 Å². The molecule has 1 aliphatic carbocycles. The molecule has 0 radical (unpaired) electrons. The Morgan fingerprint density at radius 2 is 1.27 bits per heavy atom. The van der Waals surface area contributed by atoms with Crippen molar-refractivity contribution >= 4 is 0 Å². The molecule has 1 saturated carbocycles. The zero-order chi connectivity index (χ0) is 11.4. The van der Waals surface area contributed by atoms with E-state index < -0.39 is 0 Å². The molecule has 3 fully saturated rings. The van der Waals surface area contributed by atoms with Crippen LogP contribution in [0.15, 0.2) is 0 Å². The maximum atomic E-state index is 2.76. The lowest BCUT2D eigenvalue weighted by Gasteiger charge is -2.62. The summed E-state index contributed by atoms with van der Waals surface area (Å²) in [4.78, 5) is 2.76. The van der Waals surface area contributed by atoms with E-state index in [9.17, 15) is 0 Å². The van der Waals surface area contributed by atoms with Gasteiger partial charge in [-0.3, -0.25) is 4.90 Å². The van der Waals surface area contributed by atoms with Crippen LogP contribution in [0, 0.1) is 11.3 Å². The highest BCUT2D eigenvalue weighted by atomic mass is 15.3. The predicted molar refractivity (Wildman–Crippen MR) is 66.0 cm³/mol. The van der Waals surface area contributed by atoms with Crippen molar-refractivity contribution in [1.82, 2.24) is 4.90 Å². The molecular weight excluding hydrogens is 182 g/mol. The van der Waals surface area contributed by atoms with E-state index in [0.29, 0.717) is 11.0 Å². The maximum Gasteiger partial charge on any atom is 0.0130 e. The molecule has 2 aliphatic heterocycles. The molecule has 2 atom stereocenters. The minimum Gasteiger partial charge on any atom is -0.292 e. The summed E-state index contributed by atoms with van der Waals surface area (Å²) in [6.45, 7) is 14.3. The van der Waals surface area contributed by atoms with E-state index in [1.165, 1.54) is 19.3 Å². The molecule has 2 heterocycles. The Bertz CT molecular complexity index is 231. The van der Waals surface area contributed by atoms with Crippen LogP contribution < -0.4 is 0 Å². The molecule has 0 aromatic carbocycles. The second-order valence-electron chi connectivity index (χ2n) is 7.66. The molecule has 0 aromatic heterocycles. The van der Waals surface area contributed by atoms with Gasteiger partial charge in [0, 0.05) is 17.6 Å². The van der Waals surface area contributed by atoms with Crippen molar-refractivity contribution in [2.24, 2.45) is 11.3 Å². The minimum absolute atomic E-state index is 0.385. The minimum atomic E-state index is 0.385. The summed E-state index contributed by atoms with van der Waals surface area (Å²) >= 11 is 0. The van der Waals surface area contributed by atoms with Crippen LogP contribution in [0.3, 0.4) is 0 Å². The first-order valence-corrected chi connectivity index (χ1v) is 6.48. The fourth-order valence-electron chi connectivity index (χ4n) is 3.68. The zero-order valence-corrected chi connectivity index (χ0v) is 11.3. The summed E-state index contributed by atoms with van der Waals surface area (Å²) in [7, 11) is 0. The number of rotatable bonds is 0. The van der Waals surface area contributed by atoms with Gasteiger partial charge in [-0.05, 0) is 51.4 Å². The molecule has 2 saturated heterocycles. The lowest BCUT2D eigenvalue weighted by Crippen LogP contribution is -2.67. The van der Waals surface area contributed by atoms with Crippen molar-refractivity contribution in [1.29, 1.82) is 0 Å². The summed E-state index contributed by atoms with van der Waals surface area (Å²) in [5.41, 5.74) is 0.900. The van der Waals surface area contributed by atoms with E-state index in [4.69, 9.17) is 0 Å². The number of piperidine rings is 1. The summed E-state index contributed by atoms with van der Waals surface area (Å²) in [6, 6.07) is 1.76. The largest absolute Gasteiger partial charge is 0.292 e. The van der Waals surface area contributed by atoms with Gasteiger partial charge in [-0.1, -0.05) is 20.8 Å². The Kier molecular flexibility index (Phi) is 2.46. The summed E-state index contributed by atoms with van der Waals surface area (Å²) in [6.07, 6.45) is 4.32. The third kappa shape index (κ3) is 1.95. The molecule has 0 amide bonds. The van der Waals surface area contributed by atoms with E-state index in [1.807, 2.05) is 0 Å². The van der Waals surface area contributed by atoms with Crippen LogP contribution in [0.25, 0.3) is 0 Å². The monoisotopic (exact) mass is 209 g/mol. The van der Waals surface area contributed by atoms with Gasteiger partial charge in [0.05, 0.1) is 0 Å². The topological polar surface area (TPSA) is 3.24 Å². The van der Waals surface area contributed by atoms with Crippen LogP contribution in [0.2, 0.25) is 0 Å². The summed E-state index contributed by atoms with van der Waals surface area (Å²) < 4.78 is 0. The first-order valence-electron chi connectivity index (χ1n) is 6.48. The fraction of sp³-hybridized carbons (Fsp3) is 1.00. The Morgan fingerprint density at radius 3 is 1.60 bits per heavy atom. The Labute approximate surface area is 95.2 Å². The number of hydrogen-bond donors (Lipinski definition) is 0. The fourth-order valence-corrected chi connectivity index (χ4v) is 3.68. The summed E-state index contributed by atoms with van der Waals surface area (Å²) in [5, 5.41) is 0. The lowest BCUT2D eigenvalue weighted by atomic mass is 9.63. The molecule has 0 aromatic rings. The quantitative estimate of drug-likeness (QED) is 0.588. The van der Waals surface area contributed by atoms with Crippen LogP contribution in [0.4, 0.5) is 0 Å². The average molecular weight is 209 g/mol. The normalized spacial score (nSPS) is 37.6. The van der Waals surface area contributed by atoms with Crippen LogP contribution >= 0.6 is 0 Å². The van der Waals surface area contributed by atoms with E-state index in [1.54, 1.807) is 0 Å². The molecule has 0 N–H and O–H groups in total. The first-order chi connectivity index (χ1) is 6.69. The van der Waals surface area contributed by atoms with Crippen LogP contribution in [0.5, 0.6) is 0 Å². The highest BCUT2D eigenvalue weighted by Crippen LogP contribution is 2.49. The smallest absolute Gasteiger partial charge is 0.0130 e. The Morgan fingerprint density at radius 1 is 0.800 bits per heavy atom. The zero-order valence-electron chi connectivity index (χ0n) is 11.3. The molecule has 1 heteroatoms. The van der Waals surface area contributed by atoms with Crippen molar-refractivity contribution in [3.63, 3.8) is 0 Å². The van der Waals surface area contributed by atoms with E-state index in [2.05, 4.69) is 46.4 Å². The van der Waals surface area contributed by atoms with Crippen molar-refractivity contribution in [2.75, 3.05) is 0 Å². The third-order valence-corrected chi connectivity index (χ3v) is 4.44. The van der Waals surface area contributed by atoms with Gasteiger partial charge in [0.1, 0.15) is 0 Å². The molecule has 1 nitrogen and oxygen atoms in total. The lowest BCUT2D eigenvalue weighted by molar-refractivity contribution is -0.123. The SMILES string of the molecule is CC(C)(C)C1CC2CC(C1)N2C(C)(C)C. The average Bonchev–Trinajstić information content (AvgIpc) is 1.99. The highest BCUT2D eigenvalue weighted by molar-refractivity contribution is 5.05. The van der Waals surface area contributed by atoms with E-state index >= 15 is 0 Å². The van der Waals surface area contributed by atoms with Crippen LogP contribution in [0.1, 0.15) is 60.8 Å². The van der Waals surface area contributed by atoms with Gasteiger partial charge in [0.15, 0.2) is 0 Å². The second kappa shape index (κ2) is 3.23. The number of fused-ring (bicyclic) bond motifs is 2. The van der Waals surface area contributed by atoms with Gasteiger partial charge >= 0.3 is 0 Å². The van der Waals surface area contributed by atoms with Gasteiger partial charge in [0.25, 0.3) is 0 Å². The molecule has 88 valence electrons.